The van der Waals surface area contributed by atoms with Crippen LogP contribution in [-0.4, -0.2) is 43.8 Å². The molecule has 1 aliphatic rings. The predicted octanol–water partition coefficient (Wildman–Crippen LogP) is 3.66. The number of hydrogen-bond donors (Lipinski definition) is 1. The van der Waals surface area contributed by atoms with E-state index in [9.17, 15) is 36.5 Å². The lowest BCUT2D eigenvalue weighted by molar-refractivity contribution is -0.384. The number of methoxy groups -OCH3 is 1. The summed E-state index contributed by atoms with van der Waals surface area (Å²) in [6.07, 6.45) is -4.42. The van der Waals surface area contributed by atoms with Crippen LogP contribution in [0.15, 0.2) is 47.4 Å². The summed E-state index contributed by atoms with van der Waals surface area (Å²) >= 11 is 0. The van der Waals surface area contributed by atoms with Crippen LogP contribution in [0.3, 0.4) is 0 Å². The highest BCUT2D eigenvalue weighted by Crippen LogP contribution is 2.33. The number of amides is 1. The van der Waals surface area contributed by atoms with Gasteiger partial charge in [0, 0.05) is 31.1 Å². The average molecular weight is 487 g/mol. The van der Waals surface area contributed by atoms with Crippen LogP contribution < -0.4 is 10.1 Å². The van der Waals surface area contributed by atoms with Gasteiger partial charge in [-0.05, 0) is 37.1 Å². The van der Waals surface area contributed by atoms with Crippen molar-refractivity contribution in [2.24, 2.45) is 5.92 Å². The highest BCUT2D eigenvalue weighted by Gasteiger charge is 2.35. The van der Waals surface area contributed by atoms with E-state index in [1.807, 2.05) is 0 Å². The van der Waals surface area contributed by atoms with Gasteiger partial charge in [-0.15, -0.1) is 0 Å². The third kappa shape index (κ3) is 5.42. The van der Waals surface area contributed by atoms with Gasteiger partial charge < -0.3 is 10.1 Å². The van der Waals surface area contributed by atoms with E-state index >= 15 is 0 Å². The maximum absolute atomic E-state index is 12.9. The first-order valence-electron chi connectivity index (χ1n) is 9.74. The maximum Gasteiger partial charge on any atom is 0.416 e. The zero-order chi connectivity index (χ0) is 24.4. The Balaban J connectivity index is 1.69. The van der Waals surface area contributed by atoms with Crippen molar-refractivity contribution in [3.8, 4) is 5.75 Å². The van der Waals surface area contributed by atoms with Crippen molar-refractivity contribution < 1.29 is 36.0 Å². The number of anilines is 1. The molecule has 1 saturated heterocycles. The van der Waals surface area contributed by atoms with E-state index in [-0.39, 0.29) is 43.1 Å². The number of piperidine rings is 1. The summed E-state index contributed by atoms with van der Waals surface area (Å²) in [7, 11) is -2.83. The number of sulfonamides is 1. The molecule has 3 rings (SSSR count). The van der Waals surface area contributed by atoms with E-state index in [4.69, 9.17) is 4.74 Å². The van der Waals surface area contributed by atoms with Gasteiger partial charge in [-0.3, -0.25) is 14.9 Å². The minimum absolute atomic E-state index is 0.0667. The molecule has 0 bridgehead atoms. The van der Waals surface area contributed by atoms with Crippen molar-refractivity contribution >= 4 is 27.3 Å². The van der Waals surface area contributed by atoms with Crippen LogP contribution in [0.25, 0.3) is 0 Å². The van der Waals surface area contributed by atoms with Crippen LogP contribution in [-0.2, 0) is 21.0 Å². The van der Waals surface area contributed by atoms with Gasteiger partial charge in [-0.2, -0.15) is 17.5 Å². The zero-order valence-electron chi connectivity index (χ0n) is 17.3. The normalized spacial score (nSPS) is 15.8. The number of nitro groups is 1. The Bertz CT molecular complexity index is 1160. The summed E-state index contributed by atoms with van der Waals surface area (Å²) < 4.78 is 70.6. The number of nitrogens with zero attached hydrogens (tertiary/aromatic N) is 2. The Labute approximate surface area is 187 Å². The van der Waals surface area contributed by atoms with Gasteiger partial charge in [0.15, 0.2) is 0 Å². The van der Waals surface area contributed by atoms with Crippen LogP contribution in [0.4, 0.5) is 24.5 Å². The molecule has 1 fully saturated rings. The number of ether oxygens (including phenoxy) is 1. The molecule has 1 aliphatic heterocycles. The molecule has 0 atom stereocenters. The highest BCUT2D eigenvalue weighted by atomic mass is 32.2. The SMILES string of the molecule is COc1ccc([N+](=O)[O-])cc1NC(=O)C1CCN(S(=O)(=O)c2cccc(C(F)(F)F)c2)CC1. The monoisotopic (exact) mass is 487 g/mol. The number of hydrogen-bond acceptors (Lipinski definition) is 6. The van der Waals surface area contributed by atoms with Gasteiger partial charge in [0.2, 0.25) is 15.9 Å². The molecule has 1 heterocycles. The lowest BCUT2D eigenvalue weighted by Gasteiger charge is -2.30. The molecular weight excluding hydrogens is 467 g/mol. The zero-order valence-corrected chi connectivity index (χ0v) is 18.1. The van der Waals surface area contributed by atoms with Crippen molar-refractivity contribution in [3.63, 3.8) is 0 Å². The van der Waals surface area contributed by atoms with Gasteiger partial charge in [0.1, 0.15) is 5.75 Å². The summed E-state index contributed by atoms with van der Waals surface area (Å²) in [6, 6.07) is 7.23. The molecule has 0 aliphatic carbocycles. The molecule has 33 heavy (non-hydrogen) atoms. The minimum Gasteiger partial charge on any atom is -0.495 e. The molecule has 0 aromatic heterocycles. The molecule has 1 amide bonds. The number of alkyl halides is 3. The first-order valence-corrected chi connectivity index (χ1v) is 11.2. The first-order chi connectivity index (χ1) is 15.4. The fraction of sp³-hybridized carbons (Fsp3) is 0.350. The highest BCUT2D eigenvalue weighted by molar-refractivity contribution is 7.89. The largest absolute Gasteiger partial charge is 0.495 e. The van der Waals surface area contributed by atoms with Crippen LogP contribution in [0.5, 0.6) is 5.75 Å². The van der Waals surface area contributed by atoms with Crippen molar-refractivity contribution in [2.75, 3.05) is 25.5 Å². The number of rotatable bonds is 6. The molecule has 0 spiro atoms. The summed E-state index contributed by atoms with van der Waals surface area (Å²) in [5.74, 6) is -0.842. The minimum atomic E-state index is -4.68. The van der Waals surface area contributed by atoms with E-state index in [0.29, 0.717) is 6.07 Å². The van der Waals surface area contributed by atoms with E-state index in [0.717, 1.165) is 28.6 Å². The molecule has 2 aromatic rings. The third-order valence-electron chi connectivity index (χ3n) is 5.28. The second-order valence-electron chi connectivity index (χ2n) is 7.33. The van der Waals surface area contributed by atoms with E-state index < -0.39 is 43.4 Å². The van der Waals surface area contributed by atoms with Gasteiger partial charge in [-0.25, -0.2) is 8.42 Å². The molecule has 0 radical (unpaired) electrons. The lowest BCUT2D eigenvalue weighted by atomic mass is 9.97. The Kier molecular flexibility index (Phi) is 6.93. The number of benzene rings is 2. The number of nitro benzene ring substituents is 1. The number of carbonyl (C=O) groups is 1. The number of non-ortho nitro benzene ring substituents is 1. The molecule has 9 nitrogen and oxygen atoms in total. The van der Waals surface area contributed by atoms with E-state index in [1.165, 1.54) is 19.2 Å². The third-order valence-corrected chi connectivity index (χ3v) is 7.17. The lowest BCUT2D eigenvalue weighted by Crippen LogP contribution is -2.41. The molecule has 13 heteroatoms. The predicted molar refractivity (Wildman–Crippen MR) is 111 cm³/mol. The van der Waals surface area contributed by atoms with Crippen molar-refractivity contribution in [2.45, 2.75) is 23.9 Å². The van der Waals surface area contributed by atoms with Crippen molar-refractivity contribution in [3.05, 3.63) is 58.1 Å². The van der Waals surface area contributed by atoms with Gasteiger partial charge in [0.25, 0.3) is 5.69 Å². The van der Waals surface area contributed by atoms with Crippen molar-refractivity contribution in [1.29, 1.82) is 0 Å². The van der Waals surface area contributed by atoms with Crippen LogP contribution in [0.2, 0.25) is 0 Å². The van der Waals surface area contributed by atoms with Gasteiger partial charge >= 0.3 is 6.18 Å². The maximum atomic E-state index is 12.9. The quantitative estimate of drug-likeness (QED) is 0.491. The number of nitrogens with one attached hydrogen (secondary N) is 1. The van der Waals surface area contributed by atoms with Gasteiger partial charge in [-0.1, -0.05) is 6.07 Å². The number of carbonyl (C=O) groups excluding carboxylic acids is 1. The van der Waals surface area contributed by atoms with E-state index in [1.54, 1.807) is 0 Å². The number of halogens is 3. The fourth-order valence-corrected chi connectivity index (χ4v) is 5.00. The summed E-state index contributed by atoms with van der Waals surface area (Å²) in [4.78, 5) is 22.6. The van der Waals surface area contributed by atoms with Crippen LogP contribution in [0, 0.1) is 16.0 Å². The Hall–Kier alpha value is -3.19. The van der Waals surface area contributed by atoms with Crippen LogP contribution >= 0.6 is 0 Å². The molecule has 0 saturated carbocycles. The smallest absolute Gasteiger partial charge is 0.416 e. The second kappa shape index (κ2) is 9.35. The molecular formula is C20H20F3N3O6S. The Morgan fingerprint density at radius 1 is 1.18 bits per heavy atom. The molecule has 2 aromatic carbocycles. The van der Waals surface area contributed by atoms with Crippen LogP contribution in [0.1, 0.15) is 18.4 Å². The summed E-state index contributed by atoms with van der Waals surface area (Å²) in [5.41, 5.74) is -1.20. The second-order valence-corrected chi connectivity index (χ2v) is 9.27. The Morgan fingerprint density at radius 2 is 1.85 bits per heavy atom. The molecule has 1 N–H and O–H groups in total. The molecule has 0 unspecified atom stereocenters. The average Bonchev–Trinajstić information content (AvgIpc) is 2.78. The summed E-state index contributed by atoms with van der Waals surface area (Å²) in [5, 5.41) is 13.6. The Morgan fingerprint density at radius 3 is 2.42 bits per heavy atom. The standard InChI is InChI=1S/C20H20F3N3O6S/c1-32-18-6-5-15(26(28)29)12-17(18)24-19(27)13-7-9-25(10-8-13)33(30,31)16-4-2-3-14(11-16)20(21,22)23/h2-6,11-13H,7-10H2,1H3,(H,24,27). The fourth-order valence-electron chi connectivity index (χ4n) is 3.48. The summed E-state index contributed by atoms with van der Waals surface area (Å²) in [6.45, 7) is -0.133. The van der Waals surface area contributed by atoms with Crippen molar-refractivity contribution in [1.82, 2.24) is 4.31 Å². The molecule has 178 valence electrons. The first kappa shape index (κ1) is 24.5. The van der Waals surface area contributed by atoms with Gasteiger partial charge in [0.05, 0.1) is 28.2 Å². The topological polar surface area (TPSA) is 119 Å². The van der Waals surface area contributed by atoms with E-state index in [2.05, 4.69) is 5.32 Å².